The maximum Gasteiger partial charge on any atom is 0.316 e. The number of ether oxygens (including phenoxy) is 2. The zero-order chi connectivity index (χ0) is 18.6. The fraction of sp³-hybridized carbons (Fsp3) is 0.316. The molecule has 3 aromatic rings. The van der Waals surface area contributed by atoms with Gasteiger partial charge in [-0.25, -0.2) is 14.6 Å². The molecule has 4 rings (SSSR count). The Balaban J connectivity index is 1.50. The van der Waals surface area contributed by atoms with E-state index in [0.29, 0.717) is 36.3 Å². The van der Waals surface area contributed by atoms with Gasteiger partial charge in [0.15, 0.2) is 0 Å². The Morgan fingerprint density at radius 2 is 2.00 bits per heavy atom. The Hall–Kier alpha value is -3.13. The van der Waals surface area contributed by atoms with Crippen LogP contribution in [0.2, 0.25) is 0 Å². The van der Waals surface area contributed by atoms with Crippen LogP contribution in [0.25, 0.3) is 11.3 Å². The van der Waals surface area contributed by atoms with Crippen LogP contribution in [0, 0.1) is 12.8 Å². The molecule has 4 heterocycles. The minimum absolute atomic E-state index is 0.177. The Labute approximate surface area is 155 Å². The van der Waals surface area contributed by atoms with Gasteiger partial charge in [0, 0.05) is 42.3 Å². The topological polar surface area (TPSA) is 92.0 Å². The minimum atomic E-state index is -0.177. The van der Waals surface area contributed by atoms with Crippen LogP contribution in [0.15, 0.2) is 47.8 Å². The first-order valence-electron chi connectivity index (χ1n) is 8.69. The van der Waals surface area contributed by atoms with Crippen LogP contribution in [0.4, 0.5) is 0 Å². The molecule has 0 amide bonds. The summed E-state index contributed by atoms with van der Waals surface area (Å²) in [5.74, 6) is 0.412. The molecule has 1 fully saturated rings. The third kappa shape index (κ3) is 4.17. The van der Waals surface area contributed by atoms with E-state index < -0.39 is 0 Å². The van der Waals surface area contributed by atoms with Crippen molar-refractivity contribution in [2.75, 3.05) is 19.8 Å². The molecule has 0 unspecified atom stereocenters. The van der Waals surface area contributed by atoms with Crippen LogP contribution in [-0.4, -0.2) is 44.6 Å². The van der Waals surface area contributed by atoms with Gasteiger partial charge in [-0.3, -0.25) is 9.78 Å². The van der Waals surface area contributed by atoms with Gasteiger partial charge in [-0.15, -0.1) is 0 Å². The number of aryl methyl sites for hydroxylation is 1. The number of hydrogen-bond acceptors (Lipinski definition) is 7. The molecule has 0 radical (unpaired) electrons. The standard InChI is InChI=1S/C19H19N5O3/c1-13-4-14(6-20-5-13)9-24-18(25)3-2-17(23-24)16-7-21-19(22-8-16)27-12-15-10-26-11-15/h2-8,15H,9-12H2,1H3. The quantitative estimate of drug-likeness (QED) is 0.653. The predicted molar refractivity (Wildman–Crippen MR) is 97.4 cm³/mol. The Bertz CT molecular complexity index is 983. The lowest BCUT2D eigenvalue weighted by molar-refractivity contribution is -0.0520. The highest BCUT2D eigenvalue weighted by Gasteiger charge is 2.19. The van der Waals surface area contributed by atoms with Gasteiger partial charge in [-0.2, -0.15) is 5.10 Å². The molecular weight excluding hydrogens is 346 g/mol. The Morgan fingerprint density at radius 3 is 2.70 bits per heavy atom. The summed E-state index contributed by atoms with van der Waals surface area (Å²) in [6.45, 7) is 4.31. The number of aromatic nitrogens is 5. The highest BCUT2D eigenvalue weighted by Crippen LogP contribution is 2.16. The number of rotatable bonds is 6. The van der Waals surface area contributed by atoms with Gasteiger partial charge >= 0.3 is 6.01 Å². The van der Waals surface area contributed by atoms with Gasteiger partial charge < -0.3 is 9.47 Å². The van der Waals surface area contributed by atoms with Crippen molar-refractivity contribution in [1.29, 1.82) is 0 Å². The Morgan fingerprint density at radius 1 is 1.19 bits per heavy atom. The van der Waals surface area contributed by atoms with Gasteiger partial charge in [0.25, 0.3) is 5.56 Å². The van der Waals surface area contributed by atoms with Crippen molar-refractivity contribution in [3.8, 4) is 17.3 Å². The molecule has 0 atom stereocenters. The summed E-state index contributed by atoms with van der Waals surface area (Å²) in [5.41, 5.74) is 3.11. The van der Waals surface area contributed by atoms with Crippen molar-refractivity contribution in [3.05, 3.63) is 64.5 Å². The van der Waals surface area contributed by atoms with Crippen molar-refractivity contribution in [2.45, 2.75) is 13.5 Å². The lowest BCUT2D eigenvalue weighted by atomic mass is 10.1. The molecule has 0 N–H and O–H groups in total. The summed E-state index contributed by atoms with van der Waals surface area (Å²) >= 11 is 0. The van der Waals surface area contributed by atoms with E-state index >= 15 is 0 Å². The van der Waals surface area contributed by atoms with Crippen molar-refractivity contribution in [2.24, 2.45) is 5.92 Å². The monoisotopic (exact) mass is 365 g/mol. The van der Waals surface area contributed by atoms with Gasteiger partial charge in [-0.05, 0) is 24.1 Å². The molecule has 8 nitrogen and oxygen atoms in total. The second kappa shape index (κ2) is 7.63. The van der Waals surface area contributed by atoms with Gasteiger partial charge in [-0.1, -0.05) is 6.07 Å². The van der Waals surface area contributed by atoms with Crippen LogP contribution in [-0.2, 0) is 11.3 Å². The molecule has 0 spiro atoms. The molecule has 3 aromatic heterocycles. The lowest BCUT2D eigenvalue weighted by Gasteiger charge is -2.25. The third-order valence-corrected chi connectivity index (χ3v) is 4.21. The first-order valence-corrected chi connectivity index (χ1v) is 8.69. The summed E-state index contributed by atoms with van der Waals surface area (Å²) < 4.78 is 12.1. The summed E-state index contributed by atoms with van der Waals surface area (Å²) in [4.78, 5) is 24.7. The first-order chi connectivity index (χ1) is 13.2. The van der Waals surface area contributed by atoms with E-state index in [1.807, 2.05) is 13.0 Å². The normalized spacial score (nSPS) is 14.0. The van der Waals surface area contributed by atoms with E-state index in [9.17, 15) is 4.79 Å². The Kier molecular flexibility index (Phi) is 4.88. The summed E-state index contributed by atoms with van der Waals surface area (Å²) in [6, 6.07) is 5.46. The van der Waals surface area contributed by atoms with Crippen LogP contribution in [0.3, 0.4) is 0 Å². The SMILES string of the molecule is Cc1cncc(Cn2nc(-c3cnc(OCC4COC4)nc3)ccc2=O)c1. The molecule has 1 aliphatic heterocycles. The molecule has 138 valence electrons. The molecule has 27 heavy (non-hydrogen) atoms. The van der Waals surface area contributed by atoms with E-state index in [-0.39, 0.29) is 5.56 Å². The zero-order valence-electron chi connectivity index (χ0n) is 14.9. The highest BCUT2D eigenvalue weighted by molar-refractivity contribution is 5.55. The fourth-order valence-corrected chi connectivity index (χ4v) is 2.69. The third-order valence-electron chi connectivity index (χ3n) is 4.21. The van der Waals surface area contributed by atoms with Gasteiger partial charge in [0.2, 0.25) is 0 Å². The summed E-state index contributed by atoms with van der Waals surface area (Å²) in [6.07, 6.45) is 6.79. The van der Waals surface area contributed by atoms with Crippen molar-refractivity contribution in [3.63, 3.8) is 0 Å². The molecule has 0 aromatic carbocycles. The van der Waals surface area contributed by atoms with E-state index in [0.717, 1.165) is 24.3 Å². The molecule has 0 aliphatic carbocycles. The number of hydrogen-bond donors (Lipinski definition) is 0. The average Bonchev–Trinajstić information content (AvgIpc) is 2.63. The largest absolute Gasteiger partial charge is 0.463 e. The second-order valence-corrected chi connectivity index (χ2v) is 6.55. The summed E-state index contributed by atoms with van der Waals surface area (Å²) in [7, 11) is 0. The minimum Gasteiger partial charge on any atom is -0.463 e. The van der Waals surface area contributed by atoms with Crippen LogP contribution in [0.1, 0.15) is 11.1 Å². The lowest BCUT2D eigenvalue weighted by Crippen LogP contribution is -2.32. The molecule has 1 saturated heterocycles. The van der Waals surface area contributed by atoms with E-state index in [1.165, 1.54) is 10.7 Å². The van der Waals surface area contributed by atoms with E-state index in [4.69, 9.17) is 9.47 Å². The zero-order valence-corrected chi connectivity index (χ0v) is 14.9. The molecule has 0 bridgehead atoms. The number of nitrogens with zero attached hydrogens (tertiary/aromatic N) is 5. The summed E-state index contributed by atoms with van der Waals surface area (Å²) in [5, 5.41) is 4.43. The van der Waals surface area contributed by atoms with Crippen molar-refractivity contribution >= 4 is 0 Å². The van der Waals surface area contributed by atoms with Crippen LogP contribution in [0.5, 0.6) is 6.01 Å². The second-order valence-electron chi connectivity index (χ2n) is 6.55. The first kappa shape index (κ1) is 17.3. The van der Waals surface area contributed by atoms with Crippen LogP contribution < -0.4 is 10.3 Å². The smallest absolute Gasteiger partial charge is 0.316 e. The van der Waals surface area contributed by atoms with Gasteiger partial charge in [0.1, 0.15) is 0 Å². The fourth-order valence-electron chi connectivity index (χ4n) is 2.69. The average molecular weight is 365 g/mol. The maximum absolute atomic E-state index is 12.1. The number of pyridine rings is 1. The highest BCUT2D eigenvalue weighted by atomic mass is 16.5. The van der Waals surface area contributed by atoms with Crippen LogP contribution >= 0.6 is 0 Å². The van der Waals surface area contributed by atoms with Gasteiger partial charge in [0.05, 0.1) is 32.1 Å². The maximum atomic E-state index is 12.1. The molecule has 1 aliphatic rings. The van der Waals surface area contributed by atoms with Crippen molar-refractivity contribution in [1.82, 2.24) is 24.7 Å². The predicted octanol–water partition coefficient (Wildman–Crippen LogP) is 1.48. The van der Waals surface area contributed by atoms with Crippen molar-refractivity contribution < 1.29 is 9.47 Å². The molecular formula is C19H19N5O3. The van der Waals surface area contributed by atoms with E-state index in [2.05, 4.69) is 20.1 Å². The molecule has 0 saturated carbocycles. The molecule has 8 heteroatoms. The van der Waals surface area contributed by atoms with E-state index in [1.54, 1.807) is 30.9 Å².